The fourth-order valence-electron chi connectivity index (χ4n) is 1.42. The highest BCUT2D eigenvalue weighted by Gasteiger charge is 2.01. The van der Waals surface area contributed by atoms with Crippen LogP contribution in [-0.2, 0) is 0 Å². The first-order valence-corrected chi connectivity index (χ1v) is 6.13. The molecular formula is C13H14ClN3O. The minimum Gasteiger partial charge on any atom is -0.454 e. The molecule has 0 amide bonds. The zero-order valence-electron chi connectivity index (χ0n) is 10.1. The number of aromatic nitrogens is 2. The first-order chi connectivity index (χ1) is 8.78. The van der Waals surface area contributed by atoms with Crippen LogP contribution < -0.4 is 10.1 Å². The summed E-state index contributed by atoms with van der Waals surface area (Å²) >= 11 is 5.84. The number of anilines is 1. The monoisotopic (exact) mass is 263 g/mol. The Balaban J connectivity index is 2.09. The molecule has 2 rings (SSSR count). The van der Waals surface area contributed by atoms with E-state index in [1.807, 2.05) is 6.07 Å². The third-order valence-corrected chi connectivity index (χ3v) is 2.41. The van der Waals surface area contributed by atoms with Crippen molar-refractivity contribution in [3.05, 3.63) is 41.9 Å². The van der Waals surface area contributed by atoms with Crippen molar-refractivity contribution in [2.45, 2.75) is 13.3 Å². The van der Waals surface area contributed by atoms with Crippen molar-refractivity contribution in [3.63, 3.8) is 0 Å². The minimum atomic E-state index is 0.542. The molecule has 0 aromatic carbocycles. The molecule has 2 aromatic rings. The predicted octanol–water partition coefficient (Wildman–Crippen LogP) is 3.74. The van der Waals surface area contributed by atoms with Gasteiger partial charge in [-0.05, 0) is 6.42 Å². The molecule has 0 fully saturated rings. The molecule has 5 heteroatoms. The molecule has 0 atom stereocenters. The summed E-state index contributed by atoms with van der Waals surface area (Å²) in [5.41, 5.74) is 0.935. The van der Waals surface area contributed by atoms with Crippen LogP contribution in [0.15, 0.2) is 36.9 Å². The average molecular weight is 264 g/mol. The molecule has 0 saturated heterocycles. The Morgan fingerprint density at radius 2 is 1.83 bits per heavy atom. The van der Waals surface area contributed by atoms with E-state index in [1.54, 1.807) is 30.9 Å². The lowest BCUT2D eigenvalue weighted by Gasteiger charge is -2.08. The van der Waals surface area contributed by atoms with E-state index in [1.165, 1.54) is 0 Å². The minimum absolute atomic E-state index is 0.542. The molecule has 18 heavy (non-hydrogen) atoms. The first kappa shape index (κ1) is 12.6. The normalized spacial score (nSPS) is 10.1. The number of nitrogens with one attached hydrogen (secondary N) is 1. The Kier molecular flexibility index (Phi) is 4.36. The van der Waals surface area contributed by atoms with Crippen molar-refractivity contribution in [1.82, 2.24) is 9.97 Å². The molecule has 94 valence electrons. The Morgan fingerprint density at radius 1 is 1.11 bits per heavy atom. The molecule has 0 aliphatic rings. The molecule has 0 unspecified atom stereocenters. The second-order valence-electron chi connectivity index (χ2n) is 3.78. The molecule has 0 aliphatic carbocycles. The van der Waals surface area contributed by atoms with Gasteiger partial charge in [0.1, 0.15) is 11.5 Å². The van der Waals surface area contributed by atoms with Crippen LogP contribution in [0.4, 0.5) is 5.69 Å². The summed E-state index contributed by atoms with van der Waals surface area (Å²) in [6, 6.07) is 3.60. The van der Waals surface area contributed by atoms with Gasteiger partial charge in [0.05, 0.1) is 29.3 Å². The number of halogens is 1. The lowest BCUT2D eigenvalue weighted by molar-refractivity contribution is 0.478. The fraction of sp³-hybridized carbons (Fsp3) is 0.231. The smallest absolute Gasteiger partial charge is 0.147 e. The van der Waals surface area contributed by atoms with Crippen molar-refractivity contribution in [2.24, 2.45) is 0 Å². The van der Waals surface area contributed by atoms with Crippen LogP contribution in [-0.4, -0.2) is 16.5 Å². The highest BCUT2D eigenvalue weighted by atomic mass is 35.5. The molecule has 4 nitrogen and oxygen atoms in total. The van der Waals surface area contributed by atoms with Crippen molar-refractivity contribution in [3.8, 4) is 11.5 Å². The van der Waals surface area contributed by atoms with Crippen LogP contribution in [0.3, 0.4) is 0 Å². The molecule has 2 heterocycles. The molecule has 2 aromatic heterocycles. The molecule has 0 saturated carbocycles. The van der Waals surface area contributed by atoms with E-state index in [0.717, 1.165) is 18.7 Å². The lowest BCUT2D eigenvalue weighted by atomic mass is 10.3. The highest BCUT2D eigenvalue weighted by Crippen LogP contribution is 2.24. The van der Waals surface area contributed by atoms with Crippen molar-refractivity contribution in [1.29, 1.82) is 0 Å². The van der Waals surface area contributed by atoms with Gasteiger partial charge in [-0.15, -0.1) is 0 Å². The van der Waals surface area contributed by atoms with E-state index >= 15 is 0 Å². The summed E-state index contributed by atoms with van der Waals surface area (Å²) in [6.07, 6.45) is 7.64. The number of ether oxygens (including phenoxy) is 1. The summed E-state index contributed by atoms with van der Waals surface area (Å²) in [5.74, 6) is 1.25. The maximum atomic E-state index is 5.84. The van der Waals surface area contributed by atoms with Crippen molar-refractivity contribution < 1.29 is 4.74 Å². The molecule has 0 bridgehead atoms. The summed E-state index contributed by atoms with van der Waals surface area (Å²) < 4.78 is 5.63. The topological polar surface area (TPSA) is 47.0 Å². The van der Waals surface area contributed by atoms with Gasteiger partial charge in [0, 0.05) is 24.9 Å². The SMILES string of the molecule is CCCNc1cncc(Oc2cncc(Cl)c2)c1. The van der Waals surface area contributed by atoms with Gasteiger partial charge < -0.3 is 10.1 Å². The molecule has 0 spiro atoms. The van der Waals surface area contributed by atoms with Gasteiger partial charge in [-0.3, -0.25) is 9.97 Å². The number of hydrogen-bond donors (Lipinski definition) is 1. The zero-order valence-corrected chi connectivity index (χ0v) is 10.8. The van der Waals surface area contributed by atoms with Crippen molar-refractivity contribution in [2.75, 3.05) is 11.9 Å². The van der Waals surface area contributed by atoms with Crippen LogP contribution in [0.5, 0.6) is 11.5 Å². The summed E-state index contributed by atoms with van der Waals surface area (Å²) in [6.45, 7) is 3.02. The highest BCUT2D eigenvalue weighted by molar-refractivity contribution is 6.30. The maximum Gasteiger partial charge on any atom is 0.147 e. The second-order valence-corrected chi connectivity index (χ2v) is 4.21. The Labute approximate surface area is 111 Å². The van der Waals surface area contributed by atoms with Gasteiger partial charge in [-0.1, -0.05) is 18.5 Å². The number of hydrogen-bond acceptors (Lipinski definition) is 4. The zero-order chi connectivity index (χ0) is 12.8. The van der Waals surface area contributed by atoms with Crippen LogP contribution in [0, 0.1) is 0 Å². The van der Waals surface area contributed by atoms with E-state index in [9.17, 15) is 0 Å². The van der Waals surface area contributed by atoms with Gasteiger partial charge in [-0.25, -0.2) is 0 Å². The van der Waals surface area contributed by atoms with Gasteiger partial charge in [0.15, 0.2) is 0 Å². The third-order valence-electron chi connectivity index (χ3n) is 2.21. The molecule has 0 radical (unpaired) electrons. The lowest BCUT2D eigenvalue weighted by Crippen LogP contribution is -2.00. The number of pyridine rings is 2. The largest absolute Gasteiger partial charge is 0.454 e. The Hall–Kier alpha value is -1.81. The fourth-order valence-corrected chi connectivity index (χ4v) is 1.59. The maximum absolute atomic E-state index is 5.84. The average Bonchev–Trinajstić information content (AvgIpc) is 2.37. The number of rotatable bonds is 5. The Bertz CT molecular complexity index is 519. The van der Waals surface area contributed by atoms with Gasteiger partial charge in [0.25, 0.3) is 0 Å². The van der Waals surface area contributed by atoms with Crippen LogP contribution in [0.1, 0.15) is 13.3 Å². The summed E-state index contributed by atoms with van der Waals surface area (Å²) in [5, 5.41) is 3.79. The molecular weight excluding hydrogens is 250 g/mol. The third kappa shape index (κ3) is 3.60. The van der Waals surface area contributed by atoms with E-state index in [-0.39, 0.29) is 0 Å². The predicted molar refractivity (Wildman–Crippen MR) is 72.3 cm³/mol. The molecule has 0 aliphatic heterocycles. The summed E-state index contributed by atoms with van der Waals surface area (Å²) in [4.78, 5) is 8.07. The van der Waals surface area contributed by atoms with Gasteiger partial charge in [-0.2, -0.15) is 0 Å². The number of nitrogens with zero attached hydrogens (tertiary/aromatic N) is 2. The van der Waals surface area contributed by atoms with E-state index < -0.39 is 0 Å². The van der Waals surface area contributed by atoms with Gasteiger partial charge >= 0.3 is 0 Å². The van der Waals surface area contributed by atoms with Crippen LogP contribution >= 0.6 is 11.6 Å². The van der Waals surface area contributed by atoms with E-state index in [4.69, 9.17) is 16.3 Å². The Morgan fingerprint density at radius 3 is 2.56 bits per heavy atom. The first-order valence-electron chi connectivity index (χ1n) is 5.75. The van der Waals surface area contributed by atoms with E-state index in [2.05, 4.69) is 22.2 Å². The summed E-state index contributed by atoms with van der Waals surface area (Å²) in [7, 11) is 0. The standard InChI is InChI=1S/C13H14ClN3O/c1-2-3-17-11-5-13(9-16-7-11)18-12-4-10(14)6-15-8-12/h4-9,17H,2-3H2,1H3. The van der Waals surface area contributed by atoms with Crippen molar-refractivity contribution >= 4 is 17.3 Å². The second kappa shape index (κ2) is 6.21. The quantitative estimate of drug-likeness (QED) is 0.893. The van der Waals surface area contributed by atoms with E-state index in [0.29, 0.717) is 16.5 Å². The van der Waals surface area contributed by atoms with Crippen LogP contribution in [0.25, 0.3) is 0 Å². The van der Waals surface area contributed by atoms with Crippen LogP contribution in [0.2, 0.25) is 5.02 Å². The molecule has 1 N–H and O–H groups in total. The van der Waals surface area contributed by atoms with Gasteiger partial charge in [0.2, 0.25) is 0 Å².